The summed E-state index contributed by atoms with van der Waals surface area (Å²) in [6, 6.07) is 18.4. The number of piperidine rings is 1. The van der Waals surface area contributed by atoms with Gasteiger partial charge in [-0.1, -0.05) is 54.6 Å². The average Bonchev–Trinajstić information content (AvgIpc) is 3.54. The Labute approximate surface area is 173 Å². The number of nitrogens with two attached hydrogens (primary N) is 1. The normalized spacial score (nSPS) is 22.4. The molecule has 2 aromatic rings. The van der Waals surface area contributed by atoms with E-state index < -0.39 is 10.0 Å². The Morgan fingerprint density at radius 2 is 1.72 bits per heavy atom. The summed E-state index contributed by atoms with van der Waals surface area (Å²) in [7, 11) is -3.59. The molecule has 5 nitrogen and oxygen atoms in total. The predicted octanol–water partition coefficient (Wildman–Crippen LogP) is 3.20. The minimum Gasteiger partial charge on any atom is -0.339 e. The summed E-state index contributed by atoms with van der Waals surface area (Å²) < 4.78 is 23.7. The molecule has 0 bridgehead atoms. The molecular formula is C23H28N2O3S. The first kappa shape index (κ1) is 20.1. The number of nitrogens with zero attached hydrogens (tertiary/aromatic N) is 1. The zero-order chi connectivity index (χ0) is 20.4. The molecule has 6 heteroatoms. The van der Waals surface area contributed by atoms with E-state index >= 15 is 0 Å². The molecule has 154 valence electrons. The lowest BCUT2D eigenvalue weighted by molar-refractivity contribution is -0.137. The number of carbonyl (C=O) groups is 1. The second-order valence-corrected chi connectivity index (χ2v) is 10.0. The van der Waals surface area contributed by atoms with E-state index in [1.807, 2.05) is 29.2 Å². The summed E-state index contributed by atoms with van der Waals surface area (Å²) in [6.45, 7) is 0.708. The molecule has 2 atom stereocenters. The second-order valence-electron chi connectivity index (χ2n) is 8.38. The molecule has 2 aliphatic rings. The van der Waals surface area contributed by atoms with Gasteiger partial charge in [-0.05, 0) is 54.7 Å². The van der Waals surface area contributed by atoms with Crippen molar-refractivity contribution in [3.05, 3.63) is 60.2 Å². The molecule has 1 heterocycles. The third-order valence-electron chi connectivity index (χ3n) is 6.05. The van der Waals surface area contributed by atoms with Gasteiger partial charge in [0.1, 0.15) is 0 Å². The molecule has 1 aliphatic heterocycles. The number of hydrogen-bond acceptors (Lipinski definition) is 3. The Kier molecular flexibility index (Phi) is 5.74. The van der Waals surface area contributed by atoms with Gasteiger partial charge in [0, 0.05) is 18.5 Å². The second kappa shape index (κ2) is 8.28. The van der Waals surface area contributed by atoms with E-state index in [1.54, 1.807) is 0 Å². The highest BCUT2D eigenvalue weighted by Crippen LogP contribution is 2.36. The van der Waals surface area contributed by atoms with Crippen LogP contribution < -0.4 is 5.14 Å². The Hall–Kier alpha value is -2.18. The smallest absolute Gasteiger partial charge is 0.225 e. The van der Waals surface area contributed by atoms with Crippen LogP contribution >= 0.6 is 0 Å². The summed E-state index contributed by atoms with van der Waals surface area (Å²) in [5.74, 6) is 0.126. The van der Waals surface area contributed by atoms with Gasteiger partial charge < -0.3 is 4.90 Å². The fourth-order valence-electron chi connectivity index (χ4n) is 4.49. The molecule has 0 aromatic heterocycles. The van der Waals surface area contributed by atoms with E-state index in [2.05, 4.69) is 30.3 Å². The molecule has 2 N–H and O–H groups in total. The first-order valence-corrected chi connectivity index (χ1v) is 12.1. The van der Waals surface area contributed by atoms with E-state index in [-0.39, 0.29) is 29.5 Å². The largest absolute Gasteiger partial charge is 0.339 e. The zero-order valence-electron chi connectivity index (χ0n) is 16.5. The van der Waals surface area contributed by atoms with Crippen molar-refractivity contribution < 1.29 is 13.2 Å². The van der Waals surface area contributed by atoms with Crippen LogP contribution in [0, 0.1) is 11.8 Å². The maximum atomic E-state index is 12.9. The van der Waals surface area contributed by atoms with Crippen molar-refractivity contribution in [1.82, 2.24) is 4.90 Å². The fraction of sp³-hybridized carbons (Fsp3) is 0.435. The van der Waals surface area contributed by atoms with Crippen LogP contribution in [0.4, 0.5) is 0 Å². The maximum Gasteiger partial charge on any atom is 0.225 e. The molecular weight excluding hydrogens is 384 g/mol. The lowest BCUT2D eigenvalue weighted by Gasteiger charge is -2.41. The molecule has 1 amide bonds. The van der Waals surface area contributed by atoms with E-state index in [1.165, 1.54) is 0 Å². The number of rotatable bonds is 6. The topological polar surface area (TPSA) is 80.5 Å². The van der Waals surface area contributed by atoms with Gasteiger partial charge in [0.05, 0.1) is 5.75 Å². The monoisotopic (exact) mass is 412 g/mol. The van der Waals surface area contributed by atoms with Crippen molar-refractivity contribution >= 4 is 15.9 Å². The minimum atomic E-state index is -3.59. The van der Waals surface area contributed by atoms with E-state index in [0.717, 1.165) is 42.4 Å². The molecule has 0 radical (unpaired) electrons. The van der Waals surface area contributed by atoms with E-state index in [4.69, 9.17) is 5.14 Å². The van der Waals surface area contributed by atoms with Crippen molar-refractivity contribution in [2.24, 2.45) is 17.0 Å². The minimum absolute atomic E-state index is 0.0650. The van der Waals surface area contributed by atoms with Gasteiger partial charge in [-0.3, -0.25) is 4.79 Å². The predicted molar refractivity (Wildman–Crippen MR) is 115 cm³/mol. The van der Waals surface area contributed by atoms with Gasteiger partial charge >= 0.3 is 0 Å². The van der Waals surface area contributed by atoms with Gasteiger partial charge in [0.2, 0.25) is 15.9 Å². The van der Waals surface area contributed by atoms with Crippen LogP contribution in [0.1, 0.15) is 31.2 Å². The van der Waals surface area contributed by atoms with Crippen molar-refractivity contribution in [3.8, 4) is 11.1 Å². The van der Waals surface area contributed by atoms with Crippen LogP contribution in [0.25, 0.3) is 11.1 Å². The van der Waals surface area contributed by atoms with E-state index in [9.17, 15) is 13.2 Å². The van der Waals surface area contributed by atoms with Gasteiger partial charge in [0.15, 0.2) is 0 Å². The zero-order valence-corrected chi connectivity index (χ0v) is 17.4. The fourth-order valence-corrected chi connectivity index (χ4v) is 5.48. The van der Waals surface area contributed by atoms with Gasteiger partial charge in [0.25, 0.3) is 0 Å². The molecule has 2 aromatic carbocycles. The lowest BCUT2D eigenvalue weighted by Crippen LogP contribution is -2.52. The number of carbonyl (C=O) groups excluding carboxylic acids is 1. The summed E-state index contributed by atoms with van der Waals surface area (Å²) in [6.07, 6.45) is 4.17. The Morgan fingerprint density at radius 1 is 1.00 bits per heavy atom. The third-order valence-corrected chi connectivity index (χ3v) is 6.95. The van der Waals surface area contributed by atoms with Crippen LogP contribution in [0.5, 0.6) is 0 Å². The van der Waals surface area contributed by atoms with Crippen molar-refractivity contribution in [2.45, 2.75) is 38.1 Å². The number of amides is 1. The number of primary sulfonamides is 1. The number of likely N-dealkylation sites (tertiary alicyclic amines) is 1. The van der Waals surface area contributed by atoms with Crippen LogP contribution in [-0.2, 0) is 21.2 Å². The van der Waals surface area contributed by atoms with Crippen molar-refractivity contribution in [3.63, 3.8) is 0 Å². The van der Waals surface area contributed by atoms with Gasteiger partial charge in [-0.15, -0.1) is 0 Å². The van der Waals surface area contributed by atoms with Gasteiger partial charge in [-0.25, -0.2) is 13.6 Å². The summed E-state index contributed by atoms with van der Waals surface area (Å²) in [5, 5.41) is 5.38. The number of hydrogen-bond donors (Lipinski definition) is 1. The first-order chi connectivity index (χ1) is 13.9. The molecule has 0 unspecified atom stereocenters. The maximum absolute atomic E-state index is 12.9. The quantitative estimate of drug-likeness (QED) is 0.791. The Balaban J connectivity index is 1.61. The van der Waals surface area contributed by atoms with Gasteiger partial charge in [-0.2, -0.15) is 0 Å². The molecule has 2 fully saturated rings. The molecule has 4 rings (SSSR count). The van der Waals surface area contributed by atoms with Crippen molar-refractivity contribution in [2.75, 3.05) is 12.3 Å². The molecule has 0 spiro atoms. The Morgan fingerprint density at radius 3 is 2.41 bits per heavy atom. The molecule has 1 aliphatic carbocycles. The third kappa shape index (κ3) is 5.06. The first-order valence-electron chi connectivity index (χ1n) is 10.4. The average molecular weight is 413 g/mol. The molecule has 1 saturated heterocycles. The Bertz CT molecular complexity index is 971. The standard InChI is InChI=1S/C23H28N2O3S/c24-29(27,28)16-21-10-5-13-25(23(26)19-11-12-19)22(21)15-17-6-4-9-20(14-17)18-7-2-1-3-8-18/h1-4,6-9,14,19,21-22H,5,10-13,15-16H2,(H2,24,27,28)/t21-,22+/m1/s1. The number of benzene rings is 2. The highest BCUT2D eigenvalue weighted by atomic mass is 32.2. The van der Waals surface area contributed by atoms with Crippen LogP contribution in [-0.4, -0.2) is 37.6 Å². The van der Waals surface area contributed by atoms with Crippen LogP contribution in [0.3, 0.4) is 0 Å². The summed E-state index contributed by atoms with van der Waals surface area (Å²) >= 11 is 0. The number of sulfonamides is 1. The van der Waals surface area contributed by atoms with Crippen LogP contribution in [0.15, 0.2) is 54.6 Å². The van der Waals surface area contributed by atoms with Crippen LogP contribution in [0.2, 0.25) is 0 Å². The molecule has 1 saturated carbocycles. The highest BCUT2D eigenvalue weighted by Gasteiger charge is 2.41. The van der Waals surface area contributed by atoms with E-state index in [0.29, 0.717) is 13.0 Å². The van der Waals surface area contributed by atoms with Crippen molar-refractivity contribution in [1.29, 1.82) is 0 Å². The SMILES string of the molecule is NS(=O)(=O)C[C@H]1CCCN(C(=O)C2CC2)[C@H]1Cc1cccc(-c2ccccc2)c1. The highest BCUT2D eigenvalue weighted by molar-refractivity contribution is 7.89. The summed E-state index contributed by atoms with van der Waals surface area (Å²) in [4.78, 5) is 14.9. The molecule has 29 heavy (non-hydrogen) atoms. The lowest BCUT2D eigenvalue weighted by atomic mass is 9.85. The summed E-state index contributed by atoms with van der Waals surface area (Å²) in [5.41, 5.74) is 3.39.